The summed E-state index contributed by atoms with van der Waals surface area (Å²) < 4.78 is 0. The molecule has 12 heavy (non-hydrogen) atoms. The number of rotatable bonds is 2. The molecule has 0 bridgehead atoms. The first-order valence-electron chi connectivity index (χ1n) is 4.87. The zero-order chi connectivity index (χ0) is 8.65. The number of allylic oxidation sites excluding steroid dienone is 6. The molecule has 66 valence electrons. The van der Waals surface area contributed by atoms with Crippen LogP contribution in [-0.4, -0.2) is 0 Å². The summed E-state index contributed by atoms with van der Waals surface area (Å²) in [5.74, 6) is 0. The van der Waals surface area contributed by atoms with Gasteiger partial charge in [-0.05, 0) is 39.0 Å². The van der Waals surface area contributed by atoms with Crippen LogP contribution in [0, 0.1) is 0 Å². The van der Waals surface area contributed by atoms with Crippen molar-refractivity contribution in [3.8, 4) is 0 Å². The average molecular weight is 162 g/mol. The van der Waals surface area contributed by atoms with Crippen molar-refractivity contribution in [3.05, 3.63) is 36.0 Å². The molecular formula is C12H18. The SMILES string of the molecule is C/C=C/C/C1=C/CC/C=C\CC1. The van der Waals surface area contributed by atoms with Crippen molar-refractivity contribution in [2.24, 2.45) is 0 Å². The molecule has 0 nitrogen and oxygen atoms in total. The second kappa shape index (κ2) is 5.82. The molecule has 0 N–H and O–H groups in total. The lowest BCUT2D eigenvalue weighted by Crippen LogP contribution is -1.85. The van der Waals surface area contributed by atoms with Crippen LogP contribution in [0.2, 0.25) is 0 Å². The molecule has 0 radical (unpaired) electrons. The van der Waals surface area contributed by atoms with Gasteiger partial charge in [-0.3, -0.25) is 0 Å². The van der Waals surface area contributed by atoms with Gasteiger partial charge in [0.05, 0.1) is 0 Å². The van der Waals surface area contributed by atoms with Crippen molar-refractivity contribution < 1.29 is 0 Å². The van der Waals surface area contributed by atoms with Crippen molar-refractivity contribution in [1.82, 2.24) is 0 Å². The fraction of sp³-hybridized carbons (Fsp3) is 0.500. The van der Waals surface area contributed by atoms with Gasteiger partial charge in [-0.15, -0.1) is 0 Å². The Bertz CT molecular complexity index is 194. The van der Waals surface area contributed by atoms with Crippen LogP contribution in [0.3, 0.4) is 0 Å². The zero-order valence-electron chi connectivity index (χ0n) is 7.92. The molecule has 0 aromatic carbocycles. The highest BCUT2D eigenvalue weighted by atomic mass is 14.0. The van der Waals surface area contributed by atoms with Crippen LogP contribution in [0.5, 0.6) is 0 Å². The van der Waals surface area contributed by atoms with Crippen LogP contribution in [0.25, 0.3) is 0 Å². The molecule has 0 atom stereocenters. The van der Waals surface area contributed by atoms with Gasteiger partial charge in [-0.2, -0.15) is 0 Å². The predicted octanol–water partition coefficient (Wildman–Crippen LogP) is 4.01. The lowest BCUT2D eigenvalue weighted by molar-refractivity contribution is 0.884. The highest BCUT2D eigenvalue weighted by molar-refractivity contribution is 5.10. The Balaban J connectivity index is 2.39. The fourth-order valence-corrected chi connectivity index (χ4v) is 1.44. The molecule has 0 amide bonds. The summed E-state index contributed by atoms with van der Waals surface area (Å²) >= 11 is 0. The van der Waals surface area contributed by atoms with Gasteiger partial charge in [0.25, 0.3) is 0 Å². The molecule has 0 heteroatoms. The molecule has 0 saturated carbocycles. The van der Waals surface area contributed by atoms with Gasteiger partial charge in [0.15, 0.2) is 0 Å². The van der Waals surface area contributed by atoms with Gasteiger partial charge in [0.2, 0.25) is 0 Å². The minimum absolute atomic E-state index is 1.16. The summed E-state index contributed by atoms with van der Waals surface area (Å²) in [5.41, 5.74) is 1.61. The third kappa shape index (κ3) is 3.56. The summed E-state index contributed by atoms with van der Waals surface area (Å²) in [7, 11) is 0. The largest absolute Gasteiger partial charge is 0.0913 e. The smallest absolute Gasteiger partial charge is 0.0139 e. The molecule has 0 fully saturated rings. The summed E-state index contributed by atoms with van der Waals surface area (Å²) in [5, 5.41) is 0. The van der Waals surface area contributed by atoms with Crippen LogP contribution < -0.4 is 0 Å². The van der Waals surface area contributed by atoms with Crippen molar-refractivity contribution in [2.45, 2.75) is 39.0 Å². The molecule has 1 aliphatic rings. The highest BCUT2D eigenvalue weighted by Gasteiger charge is 1.95. The van der Waals surface area contributed by atoms with Gasteiger partial charge in [0, 0.05) is 0 Å². The van der Waals surface area contributed by atoms with E-state index in [1.807, 2.05) is 0 Å². The van der Waals surface area contributed by atoms with E-state index in [1.165, 1.54) is 25.7 Å². The molecule has 0 aliphatic heterocycles. The maximum atomic E-state index is 2.41. The van der Waals surface area contributed by atoms with Crippen molar-refractivity contribution in [3.63, 3.8) is 0 Å². The lowest BCUT2D eigenvalue weighted by atomic mass is 10.0. The van der Waals surface area contributed by atoms with E-state index >= 15 is 0 Å². The fourth-order valence-electron chi connectivity index (χ4n) is 1.44. The first-order chi connectivity index (χ1) is 5.93. The Morgan fingerprint density at radius 3 is 2.92 bits per heavy atom. The van der Waals surface area contributed by atoms with E-state index < -0.39 is 0 Å². The molecule has 0 unspecified atom stereocenters. The Hall–Kier alpha value is -0.780. The van der Waals surface area contributed by atoms with Crippen LogP contribution in [0.15, 0.2) is 36.0 Å². The first kappa shape index (κ1) is 9.31. The Morgan fingerprint density at radius 1 is 1.25 bits per heavy atom. The molecule has 0 spiro atoms. The van der Waals surface area contributed by atoms with E-state index in [9.17, 15) is 0 Å². The van der Waals surface area contributed by atoms with E-state index in [2.05, 4.69) is 37.3 Å². The van der Waals surface area contributed by atoms with Gasteiger partial charge in [-0.1, -0.05) is 36.0 Å². The standard InChI is InChI=1S/C12H18/c1-2-3-9-12-10-7-5-4-6-8-11-12/h2-5,11H,6-10H2,1H3/b3-2+,5-4-,12-11-. The van der Waals surface area contributed by atoms with Crippen LogP contribution >= 0.6 is 0 Å². The summed E-state index contributed by atoms with van der Waals surface area (Å²) in [6, 6.07) is 0. The Labute approximate surface area is 75.7 Å². The van der Waals surface area contributed by atoms with Crippen molar-refractivity contribution in [2.75, 3.05) is 0 Å². The van der Waals surface area contributed by atoms with Crippen LogP contribution in [-0.2, 0) is 0 Å². The summed E-state index contributed by atoms with van der Waals surface area (Å²) in [4.78, 5) is 0. The summed E-state index contributed by atoms with van der Waals surface area (Å²) in [6.07, 6.45) is 17.5. The van der Waals surface area contributed by atoms with E-state index in [0.717, 1.165) is 6.42 Å². The quantitative estimate of drug-likeness (QED) is 0.538. The molecule has 1 rings (SSSR count). The minimum atomic E-state index is 1.16. The highest BCUT2D eigenvalue weighted by Crippen LogP contribution is 2.15. The molecule has 0 aromatic heterocycles. The zero-order valence-corrected chi connectivity index (χ0v) is 7.92. The molecular weight excluding hydrogens is 144 g/mol. The lowest BCUT2D eigenvalue weighted by Gasteiger charge is -2.05. The Kier molecular flexibility index (Phi) is 4.51. The second-order valence-electron chi connectivity index (χ2n) is 3.22. The second-order valence-corrected chi connectivity index (χ2v) is 3.22. The summed E-state index contributed by atoms with van der Waals surface area (Å²) in [6.45, 7) is 2.09. The normalized spacial score (nSPS) is 25.9. The Morgan fingerprint density at radius 2 is 2.08 bits per heavy atom. The van der Waals surface area contributed by atoms with Gasteiger partial charge >= 0.3 is 0 Å². The van der Waals surface area contributed by atoms with Gasteiger partial charge in [-0.25, -0.2) is 0 Å². The third-order valence-electron chi connectivity index (χ3n) is 2.18. The van der Waals surface area contributed by atoms with E-state index in [0.29, 0.717) is 0 Å². The maximum Gasteiger partial charge on any atom is -0.0139 e. The molecule has 0 saturated heterocycles. The average Bonchev–Trinajstić information content (AvgIpc) is 2.02. The van der Waals surface area contributed by atoms with E-state index in [4.69, 9.17) is 0 Å². The number of hydrogen-bond acceptors (Lipinski definition) is 0. The van der Waals surface area contributed by atoms with Gasteiger partial charge < -0.3 is 0 Å². The van der Waals surface area contributed by atoms with Crippen LogP contribution in [0.4, 0.5) is 0 Å². The van der Waals surface area contributed by atoms with Crippen molar-refractivity contribution >= 4 is 0 Å². The predicted molar refractivity (Wildman–Crippen MR) is 55.1 cm³/mol. The minimum Gasteiger partial charge on any atom is -0.0913 e. The first-order valence-corrected chi connectivity index (χ1v) is 4.87. The number of hydrogen-bond donors (Lipinski definition) is 0. The van der Waals surface area contributed by atoms with Gasteiger partial charge in [0.1, 0.15) is 0 Å². The van der Waals surface area contributed by atoms with E-state index in [1.54, 1.807) is 5.57 Å². The van der Waals surface area contributed by atoms with E-state index in [-0.39, 0.29) is 0 Å². The maximum absolute atomic E-state index is 2.41. The van der Waals surface area contributed by atoms with Crippen LogP contribution in [0.1, 0.15) is 39.0 Å². The topological polar surface area (TPSA) is 0 Å². The molecule has 1 aliphatic carbocycles. The molecule has 0 heterocycles. The third-order valence-corrected chi connectivity index (χ3v) is 2.18. The van der Waals surface area contributed by atoms with Crippen molar-refractivity contribution in [1.29, 1.82) is 0 Å². The monoisotopic (exact) mass is 162 g/mol. The molecule has 0 aromatic rings.